The lowest BCUT2D eigenvalue weighted by Crippen LogP contribution is -2.47. The van der Waals surface area contributed by atoms with E-state index in [2.05, 4.69) is 40.5 Å². The second kappa shape index (κ2) is 7.75. The number of hydrogen-bond acceptors (Lipinski definition) is 3. The maximum Gasteiger partial charge on any atom is 0.249 e. The second-order valence-corrected chi connectivity index (χ2v) is 6.36. The number of rotatable bonds is 5. The van der Waals surface area contributed by atoms with Crippen molar-refractivity contribution in [1.82, 2.24) is 10.2 Å². The molecule has 4 nitrogen and oxygen atoms in total. The van der Waals surface area contributed by atoms with Crippen LogP contribution in [0.5, 0.6) is 0 Å². The van der Waals surface area contributed by atoms with Crippen LogP contribution in [0.25, 0.3) is 0 Å². The van der Waals surface area contributed by atoms with E-state index in [-0.39, 0.29) is 12.0 Å². The van der Waals surface area contributed by atoms with Crippen LogP contribution >= 0.6 is 0 Å². The van der Waals surface area contributed by atoms with E-state index < -0.39 is 0 Å². The Morgan fingerprint density at radius 2 is 1.95 bits per heavy atom. The molecule has 0 spiro atoms. The molecule has 0 radical (unpaired) electrons. The van der Waals surface area contributed by atoms with Crippen LogP contribution in [0.3, 0.4) is 0 Å². The Morgan fingerprint density at radius 3 is 2.64 bits per heavy atom. The predicted molar refractivity (Wildman–Crippen MR) is 86.7 cm³/mol. The molecule has 2 aliphatic rings. The van der Waals surface area contributed by atoms with Crippen LogP contribution in [0.4, 0.5) is 0 Å². The van der Waals surface area contributed by atoms with Crippen molar-refractivity contribution in [3.63, 3.8) is 0 Å². The zero-order chi connectivity index (χ0) is 15.2. The Labute approximate surface area is 132 Å². The van der Waals surface area contributed by atoms with Gasteiger partial charge in [-0.15, -0.1) is 0 Å². The number of benzene rings is 1. The maximum absolute atomic E-state index is 12.1. The van der Waals surface area contributed by atoms with E-state index >= 15 is 0 Å². The molecule has 2 heterocycles. The largest absolute Gasteiger partial charge is 0.368 e. The van der Waals surface area contributed by atoms with E-state index in [1.807, 2.05) is 0 Å². The van der Waals surface area contributed by atoms with E-state index in [4.69, 9.17) is 4.74 Å². The summed E-state index contributed by atoms with van der Waals surface area (Å²) in [6, 6.07) is 11.0. The van der Waals surface area contributed by atoms with Gasteiger partial charge in [-0.25, -0.2) is 0 Å². The fourth-order valence-electron chi connectivity index (χ4n) is 3.31. The van der Waals surface area contributed by atoms with Crippen molar-refractivity contribution in [2.75, 3.05) is 26.2 Å². The number of piperidine rings is 1. The lowest BCUT2D eigenvalue weighted by Gasteiger charge is -2.32. The summed E-state index contributed by atoms with van der Waals surface area (Å²) < 4.78 is 5.44. The van der Waals surface area contributed by atoms with Gasteiger partial charge in [-0.1, -0.05) is 30.3 Å². The first-order valence-corrected chi connectivity index (χ1v) is 8.49. The van der Waals surface area contributed by atoms with E-state index in [9.17, 15) is 4.79 Å². The Kier molecular flexibility index (Phi) is 5.46. The van der Waals surface area contributed by atoms with Crippen molar-refractivity contribution in [2.45, 2.75) is 44.2 Å². The minimum absolute atomic E-state index is 0.0974. The molecule has 1 atom stereocenters. The fourth-order valence-corrected chi connectivity index (χ4v) is 3.31. The number of carbonyl (C=O) groups is 1. The summed E-state index contributed by atoms with van der Waals surface area (Å²) in [6.07, 6.45) is 4.89. The molecular weight excluding hydrogens is 276 g/mol. The van der Waals surface area contributed by atoms with Gasteiger partial charge in [0.15, 0.2) is 0 Å². The Bertz CT molecular complexity index is 463. The summed E-state index contributed by atoms with van der Waals surface area (Å²) >= 11 is 0. The van der Waals surface area contributed by atoms with Gasteiger partial charge in [0.05, 0.1) is 0 Å². The first-order valence-electron chi connectivity index (χ1n) is 8.49. The van der Waals surface area contributed by atoms with Gasteiger partial charge in [-0.3, -0.25) is 4.79 Å². The lowest BCUT2D eigenvalue weighted by molar-refractivity contribution is -0.131. The summed E-state index contributed by atoms with van der Waals surface area (Å²) in [6.45, 7) is 3.99. The van der Waals surface area contributed by atoms with Gasteiger partial charge in [0.2, 0.25) is 5.91 Å². The van der Waals surface area contributed by atoms with Gasteiger partial charge in [0.25, 0.3) is 0 Å². The van der Waals surface area contributed by atoms with Crippen LogP contribution in [0, 0.1) is 0 Å². The van der Waals surface area contributed by atoms with Crippen LogP contribution in [0.15, 0.2) is 30.3 Å². The topological polar surface area (TPSA) is 41.6 Å². The summed E-state index contributed by atoms with van der Waals surface area (Å²) in [5.74, 6) is 0.0974. The number of carbonyl (C=O) groups excluding carboxylic acids is 1. The maximum atomic E-state index is 12.1. The minimum Gasteiger partial charge on any atom is -0.368 e. The zero-order valence-corrected chi connectivity index (χ0v) is 13.2. The zero-order valence-electron chi connectivity index (χ0n) is 13.2. The number of amides is 1. The number of nitrogens with one attached hydrogen (secondary N) is 1. The van der Waals surface area contributed by atoms with Crippen LogP contribution in [0.1, 0.15) is 31.2 Å². The molecule has 3 rings (SSSR count). The minimum atomic E-state index is -0.198. The average Bonchev–Trinajstić information content (AvgIpc) is 3.10. The molecular formula is C18H26N2O2. The van der Waals surface area contributed by atoms with Gasteiger partial charge >= 0.3 is 0 Å². The number of ether oxygens (including phenoxy) is 1. The predicted octanol–water partition coefficient (Wildman–Crippen LogP) is 1.99. The average molecular weight is 302 g/mol. The highest BCUT2D eigenvalue weighted by atomic mass is 16.5. The highest BCUT2D eigenvalue weighted by Gasteiger charge is 2.27. The van der Waals surface area contributed by atoms with E-state index in [0.29, 0.717) is 6.04 Å². The molecule has 2 fully saturated rings. The third-order valence-corrected chi connectivity index (χ3v) is 4.72. The molecule has 1 aromatic carbocycles. The quantitative estimate of drug-likeness (QED) is 0.904. The molecule has 1 amide bonds. The smallest absolute Gasteiger partial charge is 0.249 e. The molecule has 0 saturated carbocycles. The van der Waals surface area contributed by atoms with Gasteiger partial charge in [0, 0.05) is 32.3 Å². The van der Waals surface area contributed by atoms with Gasteiger partial charge in [0.1, 0.15) is 6.10 Å². The Hall–Kier alpha value is -1.39. The van der Waals surface area contributed by atoms with E-state index in [1.54, 1.807) is 0 Å². The monoisotopic (exact) mass is 302 g/mol. The Morgan fingerprint density at radius 1 is 1.18 bits per heavy atom. The number of nitrogens with zero attached hydrogens (tertiary/aromatic N) is 1. The Balaban J connectivity index is 1.36. The van der Waals surface area contributed by atoms with Crippen LogP contribution in [-0.4, -0.2) is 49.2 Å². The molecule has 0 unspecified atom stereocenters. The van der Waals surface area contributed by atoms with Crippen molar-refractivity contribution < 1.29 is 9.53 Å². The first-order chi connectivity index (χ1) is 10.8. The van der Waals surface area contributed by atoms with Gasteiger partial charge in [-0.2, -0.15) is 0 Å². The van der Waals surface area contributed by atoms with Crippen molar-refractivity contribution in [2.24, 2.45) is 0 Å². The van der Waals surface area contributed by atoms with Crippen molar-refractivity contribution in [3.05, 3.63) is 35.9 Å². The lowest BCUT2D eigenvalue weighted by atomic mass is 10.0. The summed E-state index contributed by atoms with van der Waals surface area (Å²) in [7, 11) is 0. The SMILES string of the molecule is O=C(NC1CCN(CCc2ccccc2)CC1)[C@@H]1CCCO1. The molecule has 4 heteroatoms. The van der Waals surface area contributed by atoms with Gasteiger partial charge < -0.3 is 15.0 Å². The third-order valence-electron chi connectivity index (χ3n) is 4.72. The molecule has 2 saturated heterocycles. The summed E-state index contributed by atoms with van der Waals surface area (Å²) in [4.78, 5) is 14.6. The molecule has 1 aromatic rings. The summed E-state index contributed by atoms with van der Waals surface area (Å²) in [5, 5.41) is 3.16. The van der Waals surface area contributed by atoms with E-state index in [1.165, 1.54) is 5.56 Å². The fraction of sp³-hybridized carbons (Fsp3) is 0.611. The van der Waals surface area contributed by atoms with Crippen LogP contribution in [0.2, 0.25) is 0 Å². The highest BCUT2D eigenvalue weighted by molar-refractivity contribution is 5.81. The van der Waals surface area contributed by atoms with E-state index in [0.717, 1.165) is 58.3 Å². The normalized spacial score (nSPS) is 23.5. The third kappa shape index (κ3) is 4.31. The van der Waals surface area contributed by atoms with Crippen LogP contribution < -0.4 is 5.32 Å². The van der Waals surface area contributed by atoms with Crippen molar-refractivity contribution >= 4 is 5.91 Å². The molecule has 22 heavy (non-hydrogen) atoms. The van der Waals surface area contributed by atoms with Crippen molar-refractivity contribution in [3.8, 4) is 0 Å². The highest BCUT2D eigenvalue weighted by Crippen LogP contribution is 2.15. The number of likely N-dealkylation sites (tertiary alicyclic amines) is 1. The molecule has 0 bridgehead atoms. The second-order valence-electron chi connectivity index (χ2n) is 6.36. The molecule has 120 valence electrons. The van der Waals surface area contributed by atoms with Gasteiger partial charge in [-0.05, 0) is 37.7 Å². The van der Waals surface area contributed by atoms with Crippen molar-refractivity contribution in [1.29, 1.82) is 0 Å². The summed E-state index contributed by atoms with van der Waals surface area (Å²) in [5.41, 5.74) is 1.40. The standard InChI is InChI=1S/C18H26N2O2/c21-18(17-7-4-14-22-17)19-16-9-12-20(13-10-16)11-8-15-5-2-1-3-6-15/h1-3,5-6,16-17H,4,7-14H2,(H,19,21)/t17-/m0/s1. The molecule has 2 aliphatic heterocycles. The molecule has 1 N–H and O–H groups in total. The molecule has 0 aromatic heterocycles. The molecule has 0 aliphatic carbocycles. The first kappa shape index (κ1) is 15.5. The number of hydrogen-bond donors (Lipinski definition) is 1. The van der Waals surface area contributed by atoms with Crippen LogP contribution in [-0.2, 0) is 16.0 Å².